The van der Waals surface area contributed by atoms with Crippen LogP contribution in [0.1, 0.15) is 18.7 Å². The average Bonchev–Trinajstić information content (AvgIpc) is 2.95. The molecule has 0 amide bonds. The molecule has 2 aromatic heterocycles. The van der Waals surface area contributed by atoms with Gasteiger partial charge in [-0.15, -0.1) is 11.3 Å². The van der Waals surface area contributed by atoms with Crippen LogP contribution in [0.3, 0.4) is 0 Å². The molecule has 0 saturated carbocycles. The lowest BCUT2D eigenvalue weighted by Gasteiger charge is -2.24. The molecule has 2 aromatic rings. The summed E-state index contributed by atoms with van der Waals surface area (Å²) in [7, 11) is -2.01. The lowest BCUT2D eigenvalue weighted by atomic mass is 10.4. The van der Waals surface area contributed by atoms with E-state index in [0.717, 1.165) is 4.88 Å². The molecular weight excluding hydrogens is 296 g/mol. The first-order valence-electron chi connectivity index (χ1n) is 6.15. The minimum atomic E-state index is -3.65. The second-order valence-corrected chi connectivity index (χ2v) is 7.67. The van der Waals surface area contributed by atoms with Crippen molar-refractivity contribution in [1.82, 2.24) is 14.1 Å². The topological polar surface area (TPSA) is 81.2 Å². The van der Waals surface area contributed by atoms with Gasteiger partial charge in [0, 0.05) is 30.7 Å². The predicted octanol–water partition coefficient (Wildman–Crippen LogP) is 1.66. The van der Waals surface area contributed by atoms with Crippen molar-refractivity contribution in [1.29, 1.82) is 0 Å². The third-order valence-electron chi connectivity index (χ3n) is 2.88. The summed E-state index contributed by atoms with van der Waals surface area (Å²) in [4.78, 5) is 1.05. The molecule has 0 spiro atoms. The molecule has 6 nitrogen and oxygen atoms in total. The van der Waals surface area contributed by atoms with E-state index in [1.165, 1.54) is 26.5 Å². The second kappa shape index (κ2) is 5.55. The number of rotatable bonds is 5. The molecule has 2 rings (SSSR count). The molecule has 20 heavy (non-hydrogen) atoms. The highest BCUT2D eigenvalue weighted by Gasteiger charge is 2.30. The molecule has 8 heteroatoms. The Morgan fingerprint density at radius 2 is 2.20 bits per heavy atom. The van der Waals surface area contributed by atoms with Gasteiger partial charge in [0.1, 0.15) is 4.90 Å². The summed E-state index contributed by atoms with van der Waals surface area (Å²) >= 11 is 1.53. The van der Waals surface area contributed by atoms with Crippen LogP contribution in [0.5, 0.6) is 0 Å². The molecule has 0 aliphatic carbocycles. The summed E-state index contributed by atoms with van der Waals surface area (Å²) in [5.41, 5.74) is 5.70. The number of aromatic nitrogens is 2. The maximum atomic E-state index is 12.7. The van der Waals surface area contributed by atoms with Crippen molar-refractivity contribution in [3.05, 3.63) is 28.6 Å². The Morgan fingerprint density at radius 1 is 1.50 bits per heavy atom. The normalized spacial score (nSPS) is 12.4. The zero-order valence-corrected chi connectivity index (χ0v) is 13.3. The largest absolute Gasteiger partial charge is 0.381 e. The Hall–Kier alpha value is -1.38. The number of sulfonamides is 1. The van der Waals surface area contributed by atoms with Crippen molar-refractivity contribution >= 4 is 27.2 Å². The van der Waals surface area contributed by atoms with Crippen LogP contribution in [0, 0.1) is 0 Å². The third kappa shape index (κ3) is 2.87. The maximum absolute atomic E-state index is 12.7. The summed E-state index contributed by atoms with van der Waals surface area (Å²) in [6, 6.07) is 3.66. The molecule has 0 bridgehead atoms. The van der Waals surface area contributed by atoms with E-state index in [1.54, 1.807) is 7.05 Å². The smallest absolute Gasteiger partial charge is 0.248 e. The van der Waals surface area contributed by atoms with Crippen LogP contribution in [0.4, 0.5) is 5.82 Å². The fourth-order valence-electron chi connectivity index (χ4n) is 1.91. The summed E-state index contributed by atoms with van der Waals surface area (Å²) in [5.74, 6) is 0.0318. The van der Waals surface area contributed by atoms with E-state index >= 15 is 0 Å². The first-order chi connectivity index (χ1) is 9.32. The van der Waals surface area contributed by atoms with Crippen molar-refractivity contribution in [2.75, 3.05) is 5.73 Å². The fraction of sp³-hybridized carbons (Fsp3) is 0.417. The van der Waals surface area contributed by atoms with Crippen LogP contribution in [0.2, 0.25) is 0 Å². The Morgan fingerprint density at radius 3 is 2.65 bits per heavy atom. The zero-order chi connectivity index (χ0) is 14.9. The van der Waals surface area contributed by atoms with E-state index < -0.39 is 10.0 Å². The number of hydrogen-bond acceptors (Lipinski definition) is 5. The Balaban J connectivity index is 2.40. The van der Waals surface area contributed by atoms with Crippen LogP contribution in [-0.2, 0) is 23.6 Å². The van der Waals surface area contributed by atoms with Gasteiger partial charge < -0.3 is 5.73 Å². The number of anilines is 1. The Labute approximate surface area is 122 Å². The summed E-state index contributed by atoms with van der Waals surface area (Å²) in [6.07, 6.45) is 1.44. The van der Waals surface area contributed by atoms with Gasteiger partial charge in [0.25, 0.3) is 0 Å². The molecule has 0 aliphatic rings. The highest BCUT2D eigenvalue weighted by atomic mass is 32.2. The first-order valence-corrected chi connectivity index (χ1v) is 8.47. The molecule has 0 unspecified atom stereocenters. The van der Waals surface area contributed by atoms with Crippen LogP contribution in [0.15, 0.2) is 28.6 Å². The molecule has 0 radical (unpaired) electrons. The van der Waals surface area contributed by atoms with Gasteiger partial charge in [0.05, 0.1) is 0 Å². The molecule has 0 saturated heterocycles. The van der Waals surface area contributed by atoms with E-state index in [-0.39, 0.29) is 16.8 Å². The molecular formula is C12H18N4O2S2. The Bertz CT molecular complexity index is 674. The first kappa shape index (κ1) is 15.0. The molecule has 0 atom stereocenters. The Kier molecular flexibility index (Phi) is 4.17. The molecule has 2 heterocycles. The van der Waals surface area contributed by atoms with Crippen molar-refractivity contribution in [2.24, 2.45) is 7.05 Å². The van der Waals surface area contributed by atoms with Crippen molar-refractivity contribution in [3.8, 4) is 0 Å². The molecule has 0 fully saturated rings. The van der Waals surface area contributed by atoms with Gasteiger partial charge in [-0.05, 0) is 25.3 Å². The standard InChI is InChI=1S/C12H18N4O2S2/c1-9(2)16(7-10-5-4-6-19-10)20(17,18)11-8-15(3)14-12(11)13/h4-6,8-9H,7H2,1-3H3,(H2,13,14). The molecule has 0 aromatic carbocycles. The number of nitrogens with zero attached hydrogens (tertiary/aromatic N) is 3. The van der Waals surface area contributed by atoms with Gasteiger partial charge in [-0.25, -0.2) is 8.42 Å². The highest BCUT2D eigenvalue weighted by Crippen LogP contribution is 2.25. The van der Waals surface area contributed by atoms with Gasteiger partial charge in [-0.2, -0.15) is 9.40 Å². The molecule has 2 N–H and O–H groups in total. The summed E-state index contributed by atoms with van der Waals surface area (Å²) in [5, 5.41) is 5.84. The van der Waals surface area contributed by atoms with Crippen molar-refractivity contribution < 1.29 is 8.42 Å². The number of thiophene rings is 1. The van der Waals surface area contributed by atoms with Crippen LogP contribution >= 0.6 is 11.3 Å². The lowest BCUT2D eigenvalue weighted by Crippen LogP contribution is -2.36. The molecule has 0 aliphatic heterocycles. The van der Waals surface area contributed by atoms with Crippen molar-refractivity contribution in [3.63, 3.8) is 0 Å². The minimum Gasteiger partial charge on any atom is -0.381 e. The third-order valence-corrected chi connectivity index (χ3v) is 5.78. The maximum Gasteiger partial charge on any atom is 0.248 e. The van der Waals surface area contributed by atoms with Gasteiger partial charge in [-0.3, -0.25) is 4.68 Å². The lowest BCUT2D eigenvalue weighted by molar-refractivity contribution is 0.350. The number of nitrogen functional groups attached to an aromatic ring is 1. The van der Waals surface area contributed by atoms with Crippen LogP contribution in [-0.4, -0.2) is 28.5 Å². The average molecular weight is 314 g/mol. The van der Waals surface area contributed by atoms with E-state index in [9.17, 15) is 8.42 Å². The van der Waals surface area contributed by atoms with E-state index in [2.05, 4.69) is 5.10 Å². The van der Waals surface area contributed by atoms with Gasteiger partial charge in [0.2, 0.25) is 10.0 Å². The van der Waals surface area contributed by atoms with E-state index in [1.807, 2.05) is 31.4 Å². The summed E-state index contributed by atoms with van der Waals surface area (Å²) < 4.78 is 28.3. The number of hydrogen-bond donors (Lipinski definition) is 1. The van der Waals surface area contributed by atoms with Crippen LogP contribution < -0.4 is 5.73 Å². The van der Waals surface area contributed by atoms with Crippen molar-refractivity contribution in [2.45, 2.75) is 31.3 Å². The zero-order valence-electron chi connectivity index (χ0n) is 11.6. The SMILES string of the molecule is CC(C)N(Cc1cccs1)S(=O)(=O)c1cn(C)nc1N. The number of aryl methyl sites for hydroxylation is 1. The molecule has 110 valence electrons. The van der Waals surface area contributed by atoms with E-state index in [0.29, 0.717) is 6.54 Å². The second-order valence-electron chi connectivity index (χ2n) is 4.78. The fourth-order valence-corrected chi connectivity index (χ4v) is 4.40. The summed E-state index contributed by atoms with van der Waals surface area (Å²) in [6.45, 7) is 4.03. The quantitative estimate of drug-likeness (QED) is 0.910. The van der Waals surface area contributed by atoms with E-state index in [4.69, 9.17) is 5.73 Å². The monoisotopic (exact) mass is 314 g/mol. The minimum absolute atomic E-state index is 0.0318. The van der Waals surface area contributed by atoms with Gasteiger partial charge in [0.15, 0.2) is 5.82 Å². The van der Waals surface area contributed by atoms with Gasteiger partial charge >= 0.3 is 0 Å². The number of nitrogens with two attached hydrogens (primary N) is 1. The van der Waals surface area contributed by atoms with Crippen LogP contribution in [0.25, 0.3) is 0 Å². The predicted molar refractivity (Wildman–Crippen MR) is 79.8 cm³/mol. The highest BCUT2D eigenvalue weighted by molar-refractivity contribution is 7.89. The van der Waals surface area contributed by atoms with Gasteiger partial charge in [-0.1, -0.05) is 6.07 Å².